The van der Waals surface area contributed by atoms with Crippen molar-refractivity contribution in [2.45, 2.75) is 226 Å². The largest absolute Gasteiger partial charge is 0.463 e. The second kappa shape index (κ2) is 38.4. The molecule has 3 nitrogen and oxygen atoms in total. The van der Waals surface area contributed by atoms with Gasteiger partial charge in [0.15, 0.2) is 0 Å². The van der Waals surface area contributed by atoms with Gasteiger partial charge in [0.05, 0.1) is 6.10 Å². The Morgan fingerprint density at radius 2 is 0.700 bits per heavy atom. The molecule has 0 aromatic rings. The van der Waals surface area contributed by atoms with E-state index in [4.69, 9.17) is 9.84 Å². The number of aliphatic hydroxyl groups is 1. The molecule has 0 aliphatic rings. The summed E-state index contributed by atoms with van der Waals surface area (Å²) in [6, 6.07) is 0. The second-order valence-corrected chi connectivity index (χ2v) is 12.6. The van der Waals surface area contributed by atoms with E-state index in [1.165, 1.54) is 173 Å². The van der Waals surface area contributed by atoms with Gasteiger partial charge in [0, 0.05) is 13.0 Å². The number of rotatable bonds is 31. The number of hydrogen-bond acceptors (Lipinski definition) is 3. The van der Waals surface area contributed by atoms with Crippen LogP contribution in [0.3, 0.4) is 0 Å². The molecule has 0 heterocycles. The molecule has 0 aliphatic carbocycles. The minimum atomic E-state index is -0.0342. The van der Waals surface area contributed by atoms with E-state index in [2.05, 4.69) is 13.8 Å². The minimum absolute atomic E-state index is 0.0273. The van der Waals surface area contributed by atoms with E-state index >= 15 is 0 Å². The van der Waals surface area contributed by atoms with E-state index in [0.29, 0.717) is 13.0 Å². The van der Waals surface area contributed by atoms with Gasteiger partial charge < -0.3 is 9.84 Å². The lowest BCUT2D eigenvalue weighted by Gasteiger charge is -2.07. The van der Waals surface area contributed by atoms with Crippen LogP contribution in [0, 0.1) is 0 Å². The van der Waals surface area contributed by atoms with Gasteiger partial charge in [0.2, 0.25) is 0 Å². The van der Waals surface area contributed by atoms with E-state index < -0.39 is 0 Å². The number of carbonyl (C=O) groups excluding carboxylic acids is 1. The topological polar surface area (TPSA) is 46.5 Å². The first-order valence-corrected chi connectivity index (χ1v) is 18.4. The van der Waals surface area contributed by atoms with E-state index in [1.807, 2.05) is 13.8 Å². The summed E-state index contributed by atoms with van der Waals surface area (Å²) < 4.78 is 5.12. The van der Waals surface area contributed by atoms with Crippen molar-refractivity contribution >= 4 is 5.97 Å². The Morgan fingerprint density at radius 1 is 0.450 bits per heavy atom. The van der Waals surface area contributed by atoms with Crippen LogP contribution in [0.4, 0.5) is 0 Å². The van der Waals surface area contributed by atoms with E-state index in [9.17, 15) is 4.79 Å². The lowest BCUT2D eigenvalue weighted by Crippen LogP contribution is -2.10. The zero-order valence-electron chi connectivity index (χ0n) is 28.3. The molecule has 0 unspecified atom stereocenters. The molecule has 0 bridgehead atoms. The van der Waals surface area contributed by atoms with Crippen molar-refractivity contribution in [2.24, 2.45) is 0 Å². The molecule has 0 aromatic carbocycles. The molecule has 0 amide bonds. The number of esters is 1. The van der Waals surface area contributed by atoms with Crippen LogP contribution in [0.5, 0.6) is 0 Å². The SMILES string of the molecule is CCCCCCCCCCCCCCCC(=O)OC(C)C.CCCCCCCCCCCCCCCCCCO. The van der Waals surface area contributed by atoms with Crippen LogP contribution in [0.15, 0.2) is 0 Å². The Kier molecular flexibility index (Phi) is 39.9. The van der Waals surface area contributed by atoms with Crippen molar-refractivity contribution in [3.8, 4) is 0 Å². The van der Waals surface area contributed by atoms with Crippen molar-refractivity contribution in [1.82, 2.24) is 0 Å². The molecule has 242 valence electrons. The zero-order valence-corrected chi connectivity index (χ0v) is 28.3. The molecule has 3 heteroatoms. The lowest BCUT2D eigenvalue weighted by atomic mass is 10.0. The summed E-state index contributed by atoms with van der Waals surface area (Å²) in [6.45, 7) is 8.74. The number of ether oxygens (including phenoxy) is 1. The van der Waals surface area contributed by atoms with Crippen LogP contribution in [-0.4, -0.2) is 23.8 Å². The monoisotopic (exact) mass is 569 g/mol. The highest BCUT2D eigenvalue weighted by molar-refractivity contribution is 5.69. The molecule has 0 spiro atoms. The van der Waals surface area contributed by atoms with Crippen LogP contribution < -0.4 is 0 Å². The molecule has 0 fully saturated rings. The van der Waals surface area contributed by atoms with Crippen LogP contribution in [0.1, 0.15) is 220 Å². The maximum absolute atomic E-state index is 11.3. The van der Waals surface area contributed by atoms with E-state index in [0.717, 1.165) is 12.8 Å². The molecule has 0 saturated carbocycles. The normalized spacial score (nSPS) is 11.1. The smallest absolute Gasteiger partial charge is 0.306 e. The fourth-order valence-corrected chi connectivity index (χ4v) is 5.27. The molecule has 0 saturated heterocycles. The number of hydrogen-bond donors (Lipinski definition) is 1. The maximum atomic E-state index is 11.3. The Bertz CT molecular complexity index is 433. The molecule has 0 aliphatic heterocycles. The predicted octanol–water partition coefficient (Wildman–Crippen LogP) is 12.7. The van der Waals surface area contributed by atoms with Gasteiger partial charge in [-0.25, -0.2) is 0 Å². The van der Waals surface area contributed by atoms with Gasteiger partial charge in [-0.3, -0.25) is 4.79 Å². The number of carbonyl (C=O) groups is 1. The Labute approximate surface area is 253 Å². The van der Waals surface area contributed by atoms with Gasteiger partial charge in [-0.05, 0) is 26.7 Å². The van der Waals surface area contributed by atoms with E-state index in [-0.39, 0.29) is 12.1 Å². The third-order valence-electron chi connectivity index (χ3n) is 7.86. The van der Waals surface area contributed by atoms with Gasteiger partial charge in [0.1, 0.15) is 0 Å². The van der Waals surface area contributed by atoms with E-state index in [1.54, 1.807) is 0 Å². The lowest BCUT2D eigenvalue weighted by molar-refractivity contribution is -0.147. The Morgan fingerprint density at radius 3 is 0.950 bits per heavy atom. The summed E-state index contributed by atoms with van der Waals surface area (Å²) in [5, 5.41) is 8.67. The highest BCUT2D eigenvalue weighted by Crippen LogP contribution is 2.14. The van der Waals surface area contributed by atoms with Gasteiger partial charge >= 0.3 is 5.97 Å². The molecule has 1 N–H and O–H groups in total. The maximum Gasteiger partial charge on any atom is 0.306 e. The number of unbranched alkanes of at least 4 members (excludes halogenated alkanes) is 27. The summed E-state index contributed by atoms with van der Waals surface area (Å²) >= 11 is 0. The quantitative estimate of drug-likeness (QED) is 0.0668. The van der Waals surface area contributed by atoms with Gasteiger partial charge in [-0.15, -0.1) is 0 Å². The fraction of sp³-hybridized carbons (Fsp3) is 0.973. The molecule has 0 radical (unpaired) electrons. The molecular formula is C37H76O3. The standard InChI is InChI=1S/C19H38O2.C18H38O/c1-4-5-6-7-8-9-10-11-12-13-14-15-16-17-19(20)21-18(2)3;1-2-3-4-5-6-7-8-9-10-11-12-13-14-15-16-17-18-19/h18H,4-17H2,1-3H3;19H,2-18H2,1H3. The van der Waals surface area contributed by atoms with Gasteiger partial charge in [-0.1, -0.05) is 187 Å². The van der Waals surface area contributed by atoms with Crippen LogP contribution in [-0.2, 0) is 9.53 Å². The zero-order chi connectivity index (χ0) is 29.8. The Hall–Kier alpha value is -0.570. The fourth-order valence-electron chi connectivity index (χ4n) is 5.27. The third-order valence-corrected chi connectivity index (χ3v) is 7.86. The first kappa shape index (κ1) is 41.6. The first-order valence-electron chi connectivity index (χ1n) is 18.4. The first-order chi connectivity index (χ1) is 19.6. The van der Waals surface area contributed by atoms with Crippen molar-refractivity contribution in [3.05, 3.63) is 0 Å². The van der Waals surface area contributed by atoms with Gasteiger partial charge in [-0.2, -0.15) is 0 Å². The molecule has 0 aromatic heterocycles. The molecule has 0 atom stereocenters. The van der Waals surface area contributed by atoms with Gasteiger partial charge in [0.25, 0.3) is 0 Å². The third kappa shape index (κ3) is 41.9. The summed E-state index contributed by atoms with van der Waals surface area (Å²) in [7, 11) is 0. The van der Waals surface area contributed by atoms with Crippen molar-refractivity contribution in [2.75, 3.05) is 6.61 Å². The molecular weight excluding hydrogens is 492 g/mol. The molecule has 0 rings (SSSR count). The summed E-state index contributed by atoms with van der Waals surface area (Å²) in [5.74, 6) is -0.0342. The summed E-state index contributed by atoms with van der Waals surface area (Å²) in [6.07, 6.45) is 40.2. The summed E-state index contributed by atoms with van der Waals surface area (Å²) in [4.78, 5) is 11.3. The van der Waals surface area contributed by atoms with Crippen molar-refractivity contribution in [3.63, 3.8) is 0 Å². The highest BCUT2D eigenvalue weighted by atomic mass is 16.5. The van der Waals surface area contributed by atoms with Crippen molar-refractivity contribution in [1.29, 1.82) is 0 Å². The highest BCUT2D eigenvalue weighted by Gasteiger charge is 2.04. The number of aliphatic hydroxyl groups excluding tert-OH is 1. The average Bonchev–Trinajstić information content (AvgIpc) is 2.93. The van der Waals surface area contributed by atoms with Crippen LogP contribution in [0.25, 0.3) is 0 Å². The minimum Gasteiger partial charge on any atom is -0.463 e. The predicted molar refractivity (Wildman–Crippen MR) is 178 cm³/mol. The van der Waals surface area contributed by atoms with Crippen LogP contribution >= 0.6 is 0 Å². The average molecular weight is 569 g/mol. The van der Waals surface area contributed by atoms with Crippen LogP contribution in [0.2, 0.25) is 0 Å². The van der Waals surface area contributed by atoms with Crippen molar-refractivity contribution < 1.29 is 14.6 Å². The molecule has 40 heavy (non-hydrogen) atoms. The Balaban J connectivity index is 0. The second-order valence-electron chi connectivity index (χ2n) is 12.6. The summed E-state index contributed by atoms with van der Waals surface area (Å²) in [5.41, 5.74) is 0.